The van der Waals surface area contributed by atoms with Crippen molar-refractivity contribution in [3.8, 4) is 0 Å². The molecule has 2 saturated heterocycles. The molecule has 0 bridgehead atoms. The molecule has 140 valence electrons. The number of aromatic amines is 1. The summed E-state index contributed by atoms with van der Waals surface area (Å²) in [6.07, 6.45) is -1.43. The quantitative estimate of drug-likeness (QED) is 0.578. The largest absolute Gasteiger partial charge is 0.346 e. The Hall–Kier alpha value is -0.250. The van der Waals surface area contributed by atoms with Crippen LogP contribution in [0, 0.1) is 6.92 Å². The van der Waals surface area contributed by atoms with Crippen LogP contribution in [0.2, 0.25) is 0 Å². The zero-order valence-corrected chi connectivity index (χ0v) is 16.8. The van der Waals surface area contributed by atoms with Gasteiger partial charge in [0.25, 0.3) is 5.56 Å². The molecule has 4 atom stereocenters. The summed E-state index contributed by atoms with van der Waals surface area (Å²) >= 11 is 18.3. The van der Waals surface area contributed by atoms with Crippen molar-refractivity contribution in [3.05, 3.63) is 32.6 Å². The number of fused-ring (bicyclic) bond motifs is 1. The molecular formula is C13H17Cl2N2O6PS. The molecule has 25 heavy (non-hydrogen) atoms. The highest BCUT2D eigenvalue weighted by molar-refractivity contribution is 8.07. The summed E-state index contributed by atoms with van der Waals surface area (Å²) in [5, 5.41) is 0. The number of rotatable bonds is 3. The van der Waals surface area contributed by atoms with Gasteiger partial charge in [0.15, 0.2) is 10.6 Å². The lowest BCUT2D eigenvalue weighted by Gasteiger charge is -2.36. The van der Waals surface area contributed by atoms with Gasteiger partial charge in [0, 0.05) is 11.8 Å². The number of hydrogen-bond donors (Lipinski definition) is 1. The monoisotopic (exact) mass is 430 g/mol. The second-order valence-corrected chi connectivity index (χ2v) is 10.5. The van der Waals surface area contributed by atoms with Crippen LogP contribution >= 0.6 is 29.9 Å². The molecule has 2 aliphatic heterocycles. The molecule has 1 aromatic rings. The number of H-pyrrole nitrogens is 1. The van der Waals surface area contributed by atoms with E-state index in [0.29, 0.717) is 5.56 Å². The van der Waals surface area contributed by atoms with Crippen LogP contribution in [0.1, 0.15) is 25.6 Å². The van der Waals surface area contributed by atoms with Crippen molar-refractivity contribution in [1.82, 2.24) is 9.55 Å². The highest BCUT2D eigenvalue weighted by Gasteiger charge is 2.61. The first-order chi connectivity index (χ1) is 11.5. The van der Waals surface area contributed by atoms with E-state index in [1.54, 1.807) is 20.8 Å². The van der Waals surface area contributed by atoms with Crippen LogP contribution in [0.4, 0.5) is 0 Å². The lowest BCUT2D eigenvalue weighted by atomic mass is 10.1. The van der Waals surface area contributed by atoms with Crippen LogP contribution in [0.15, 0.2) is 15.8 Å². The van der Waals surface area contributed by atoms with Crippen LogP contribution in [0.3, 0.4) is 0 Å². The Morgan fingerprint density at radius 3 is 2.80 bits per heavy atom. The first-order valence-electron chi connectivity index (χ1n) is 7.50. The van der Waals surface area contributed by atoms with Gasteiger partial charge in [-0.15, -0.1) is 0 Å². The molecule has 2 aliphatic rings. The predicted octanol–water partition coefficient (Wildman–Crippen LogP) is 1.98. The molecule has 8 nitrogen and oxygen atoms in total. The number of nitrogens with one attached hydrogen (secondary N) is 1. The van der Waals surface area contributed by atoms with Crippen molar-refractivity contribution >= 4 is 41.7 Å². The molecule has 3 rings (SSSR count). The van der Waals surface area contributed by atoms with Crippen LogP contribution in [0.5, 0.6) is 0 Å². The summed E-state index contributed by atoms with van der Waals surface area (Å²) in [7, 11) is 0. The van der Waals surface area contributed by atoms with Crippen LogP contribution in [0.25, 0.3) is 0 Å². The number of hydrogen-bond acceptors (Lipinski definition) is 7. The first-order valence-corrected chi connectivity index (χ1v) is 10.8. The van der Waals surface area contributed by atoms with Crippen LogP contribution in [-0.4, -0.2) is 38.8 Å². The molecule has 0 radical (unpaired) electrons. The van der Waals surface area contributed by atoms with E-state index in [1.165, 1.54) is 6.20 Å². The van der Waals surface area contributed by atoms with Crippen molar-refractivity contribution < 1.29 is 18.3 Å². The van der Waals surface area contributed by atoms with E-state index >= 15 is 0 Å². The summed E-state index contributed by atoms with van der Waals surface area (Å²) in [6, 6.07) is 0. The third-order valence-corrected chi connectivity index (χ3v) is 6.99. The summed E-state index contributed by atoms with van der Waals surface area (Å²) < 4.78 is 22.2. The third kappa shape index (κ3) is 3.61. The molecule has 12 heteroatoms. The van der Waals surface area contributed by atoms with E-state index in [-0.39, 0.29) is 12.7 Å². The Morgan fingerprint density at radius 1 is 1.48 bits per heavy atom. The van der Waals surface area contributed by atoms with Gasteiger partial charge >= 0.3 is 12.4 Å². The van der Waals surface area contributed by atoms with Crippen molar-refractivity contribution in [2.45, 2.75) is 49.6 Å². The minimum Gasteiger partial charge on any atom is -0.346 e. The predicted molar refractivity (Wildman–Crippen MR) is 95.7 cm³/mol. The lowest BCUT2D eigenvalue weighted by Crippen LogP contribution is -2.44. The average molecular weight is 431 g/mol. The van der Waals surface area contributed by atoms with Crippen molar-refractivity contribution in [2.24, 2.45) is 0 Å². The molecular weight excluding hydrogens is 414 g/mol. The topological polar surface area (TPSA) is 91.8 Å². The number of aryl methyl sites for hydroxylation is 1. The number of aromatic nitrogens is 2. The van der Waals surface area contributed by atoms with Gasteiger partial charge in [-0.1, -0.05) is 23.2 Å². The van der Waals surface area contributed by atoms with E-state index in [4.69, 9.17) is 53.3 Å². The van der Waals surface area contributed by atoms with Crippen molar-refractivity contribution in [2.75, 3.05) is 6.61 Å². The van der Waals surface area contributed by atoms with Crippen LogP contribution < -0.4 is 11.2 Å². The Balaban J connectivity index is 1.94. The zero-order valence-electron chi connectivity index (χ0n) is 13.6. The summed E-state index contributed by atoms with van der Waals surface area (Å²) in [4.78, 5) is 25.9. The fraction of sp³-hybridized carbons (Fsp3) is 0.692. The lowest BCUT2D eigenvalue weighted by molar-refractivity contribution is -0.0651. The maximum Gasteiger partial charge on any atom is 0.330 e. The van der Waals surface area contributed by atoms with Gasteiger partial charge in [-0.3, -0.25) is 18.9 Å². The Kier molecular flexibility index (Phi) is 5.25. The second-order valence-electron chi connectivity index (χ2n) is 6.10. The average Bonchev–Trinajstić information content (AvgIpc) is 2.73. The van der Waals surface area contributed by atoms with E-state index in [0.717, 1.165) is 4.57 Å². The van der Waals surface area contributed by atoms with Gasteiger partial charge < -0.3 is 13.8 Å². The van der Waals surface area contributed by atoms with Crippen LogP contribution in [-0.2, 0) is 30.1 Å². The molecule has 1 aromatic heterocycles. The first kappa shape index (κ1) is 19.5. The molecule has 0 spiro atoms. The number of ether oxygens (including phenoxy) is 1. The molecule has 2 fully saturated rings. The van der Waals surface area contributed by atoms with E-state index in [9.17, 15) is 9.59 Å². The SMILES string of the molecule is Cc1cn(C2OC3COP(=S)(OC(C)C)OC3C2(Cl)Cl)c(=O)[nH]c1=O. The van der Waals surface area contributed by atoms with Crippen molar-refractivity contribution in [3.63, 3.8) is 0 Å². The van der Waals surface area contributed by atoms with Gasteiger partial charge in [-0.2, -0.15) is 0 Å². The van der Waals surface area contributed by atoms with Crippen molar-refractivity contribution in [1.29, 1.82) is 0 Å². The van der Waals surface area contributed by atoms with E-state index in [1.807, 2.05) is 0 Å². The number of nitrogens with zero attached hydrogens (tertiary/aromatic N) is 1. The Bertz CT molecular complexity index is 841. The van der Waals surface area contributed by atoms with Gasteiger partial charge in [0.2, 0.25) is 0 Å². The Labute approximate surface area is 158 Å². The summed E-state index contributed by atoms with van der Waals surface area (Å²) in [6.45, 7) is 2.21. The van der Waals surface area contributed by atoms with Gasteiger partial charge in [-0.25, -0.2) is 4.79 Å². The highest BCUT2D eigenvalue weighted by Crippen LogP contribution is 2.61. The third-order valence-electron chi connectivity index (χ3n) is 3.73. The minimum atomic E-state index is -3.03. The standard InChI is InChI=1S/C13H17Cl2N2O6PS/c1-6(2)22-24(25)20-5-8-9(23-24)13(14,15)11(21-8)17-4-7(3)10(18)16-12(17)19/h4,6,8-9,11H,5H2,1-3H3,(H,16,18,19). The molecule has 3 heterocycles. The molecule has 1 N–H and O–H groups in total. The molecule has 0 aliphatic carbocycles. The van der Waals surface area contributed by atoms with E-state index in [2.05, 4.69) is 4.98 Å². The fourth-order valence-corrected chi connectivity index (χ4v) is 6.02. The molecule has 0 aromatic carbocycles. The second kappa shape index (κ2) is 6.73. The minimum absolute atomic E-state index is 0.0729. The number of halogens is 2. The Morgan fingerprint density at radius 2 is 2.16 bits per heavy atom. The summed E-state index contributed by atoms with van der Waals surface area (Å²) in [5.74, 6) is 0. The maximum absolute atomic E-state index is 12.1. The molecule has 0 saturated carbocycles. The normalized spacial score (nSPS) is 34.2. The van der Waals surface area contributed by atoms with Gasteiger partial charge in [0.1, 0.15) is 12.2 Å². The van der Waals surface area contributed by atoms with Gasteiger partial charge in [0.05, 0.1) is 12.7 Å². The molecule has 0 amide bonds. The van der Waals surface area contributed by atoms with E-state index < -0.39 is 40.7 Å². The smallest absolute Gasteiger partial charge is 0.330 e. The fourth-order valence-electron chi connectivity index (χ4n) is 2.64. The zero-order chi connectivity index (χ0) is 18.6. The maximum atomic E-state index is 12.1. The summed E-state index contributed by atoms with van der Waals surface area (Å²) in [5.41, 5.74) is -0.872. The molecule has 4 unspecified atom stereocenters. The number of alkyl halides is 2. The van der Waals surface area contributed by atoms with Gasteiger partial charge in [-0.05, 0) is 32.6 Å². The highest BCUT2D eigenvalue weighted by atomic mass is 35.5.